The van der Waals surface area contributed by atoms with Crippen molar-refractivity contribution in [3.05, 3.63) is 35.9 Å². The topological polar surface area (TPSA) is 79.9 Å². The van der Waals surface area contributed by atoms with Crippen molar-refractivity contribution in [1.82, 2.24) is 15.5 Å². The molecule has 1 atom stereocenters. The van der Waals surface area contributed by atoms with Gasteiger partial charge in [-0.2, -0.15) is 0 Å². The number of amides is 2. The second-order valence-corrected chi connectivity index (χ2v) is 6.55. The van der Waals surface area contributed by atoms with Gasteiger partial charge in [-0.1, -0.05) is 30.4 Å². The van der Waals surface area contributed by atoms with Gasteiger partial charge in [0.15, 0.2) is 0 Å². The zero-order valence-corrected chi connectivity index (χ0v) is 16.8. The summed E-state index contributed by atoms with van der Waals surface area (Å²) in [6.07, 6.45) is 4.91. The van der Waals surface area contributed by atoms with E-state index in [-0.39, 0.29) is 18.2 Å². The molecule has 0 bridgehead atoms. The average molecular weight is 389 g/mol. The number of hydrogen-bond acceptors (Lipinski definition) is 5. The van der Waals surface area contributed by atoms with Gasteiger partial charge < -0.3 is 20.1 Å². The molecule has 7 nitrogen and oxygen atoms in total. The molecule has 0 spiro atoms. The third-order valence-electron chi connectivity index (χ3n) is 4.59. The first-order chi connectivity index (χ1) is 13.7. The number of benzene rings is 1. The van der Waals surface area contributed by atoms with Crippen molar-refractivity contribution in [3.8, 4) is 5.75 Å². The number of carbonyl (C=O) groups is 2. The number of carbonyl (C=O) groups excluding carboxylic acids is 2. The van der Waals surface area contributed by atoms with Crippen LogP contribution in [0.2, 0.25) is 0 Å². The molecular weight excluding hydrogens is 358 g/mol. The number of hydrogen-bond donors (Lipinski definition) is 2. The monoisotopic (exact) mass is 389 g/mol. The molecule has 1 fully saturated rings. The molecule has 0 aliphatic carbocycles. The molecule has 154 valence electrons. The van der Waals surface area contributed by atoms with Gasteiger partial charge in [0.1, 0.15) is 5.75 Å². The van der Waals surface area contributed by atoms with Gasteiger partial charge in [0.25, 0.3) is 0 Å². The molecule has 1 aromatic carbocycles. The van der Waals surface area contributed by atoms with E-state index in [9.17, 15) is 9.59 Å². The van der Waals surface area contributed by atoms with Crippen LogP contribution in [-0.2, 0) is 14.3 Å². The summed E-state index contributed by atoms with van der Waals surface area (Å²) in [4.78, 5) is 26.5. The third-order valence-corrected chi connectivity index (χ3v) is 4.59. The summed E-state index contributed by atoms with van der Waals surface area (Å²) >= 11 is 0. The quantitative estimate of drug-likeness (QED) is 0.560. The summed E-state index contributed by atoms with van der Waals surface area (Å²) in [5.41, 5.74) is 0.982. The third kappa shape index (κ3) is 6.98. The molecule has 0 saturated carbocycles. The Balaban J connectivity index is 1.88. The van der Waals surface area contributed by atoms with E-state index in [2.05, 4.69) is 10.6 Å². The van der Waals surface area contributed by atoms with Gasteiger partial charge in [-0.3, -0.25) is 14.5 Å². The highest BCUT2D eigenvalue weighted by Crippen LogP contribution is 2.19. The number of nitrogens with zero attached hydrogens (tertiary/aromatic N) is 1. The molecule has 1 heterocycles. The number of nitrogens with one attached hydrogen (secondary N) is 2. The second kappa shape index (κ2) is 12.2. The largest absolute Gasteiger partial charge is 0.496 e. The fraction of sp³-hybridized carbons (Fsp3) is 0.524. The van der Waals surface area contributed by atoms with Crippen LogP contribution in [0.5, 0.6) is 5.75 Å². The Bertz CT molecular complexity index is 663. The number of piperazine rings is 1. The van der Waals surface area contributed by atoms with Gasteiger partial charge in [0, 0.05) is 45.0 Å². The molecule has 1 aliphatic heterocycles. The summed E-state index contributed by atoms with van der Waals surface area (Å²) in [6.45, 7) is 5.69. The number of para-hydroxylation sites is 1. The first-order valence-corrected chi connectivity index (χ1v) is 9.81. The Hall–Kier alpha value is -2.38. The van der Waals surface area contributed by atoms with Crippen molar-refractivity contribution >= 4 is 17.9 Å². The lowest BCUT2D eigenvalue weighted by Crippen LogP contribution is -2.56. The van der Waals surface area contributed by atoms with Gasteiger partial charge in [-0.05, 0) is 19.4 Å². The molecule has 1 aromatic rings. The zero-order valence-electron chi connectivity index (χ0n) is 16.8. The van der Waals surface area contributed by atoms with Crippen LogP contribution in [0.15, 0.2) is 30.3 Å². The fourth-order valence-corrected chi connectivity index (χ4v) is 3.12. The standard InChI is InChI=1S/C21H31N3O4/c1-3-28-15-7-11-22-20(25)16-18-21(26)23-12-14-24(18)13-6-9-17-8-4-5-10-19(17)27-2/h4-6,8-10,18H,3,7,11-16H2,1-2H3,(H,22,25)(H,23,26)/b9-6+/t18-/m1/s1. The van der Waals surface area contributed by atoms with Gasteiger partial charge in [0.2, 0.25) is 11.8 Å². The zero-order chi connectivity index (χ0) is 20.2. The van der Waals surface area contributed by atoms with E-state index in [1.54, 1.807) is 7.11 Å². The Kier molecular flexibility index (Phi) is 9.51. The smallest absolute Gasteiger partial charge is 0.237 e. The fourth-order valence-electron chi connectivity index (χ4n) is 3.12. The van der Waals surface area contributed by atoms with Crippen LogP contribution >= 0.6 is 0 Å². The Morgan fingerprint density at radius 3 is 3.00 bits per heavy atom. The van der Waals surface area contributed by atoms with Crippen LogP contribution in [0.3, 0.4) is 0 Å². The number of ether oxygens (including phenoxy) is 2. The van der Waals surface area contributed by atoms with E-state index in [0.717, 1.165) is 17.7 Å². The maximum Gasteiger partial charge on any atom is 0.237 e. The highest BCUT2D eigenvalue weighted by Gasteiger charge is 2.30. The van der Waals surface area contributed by atoms with Crippen LogP contribution < -0.4 is 15.4 Å². The van der Waals surface area contributed by atoms with Crippen LogP contribution in [0.4, 0.5) is 0 Å². The molecule has 0 unspecified atom stereocenters. The molecule has 1 saturated heterocycles. The number of rotatable bonds is 11. The normalized spacial score (nSPS) is 17.5. The first kappa shape index (κ1) is 21.9. The van der Waals surface area contributed by atoms with Crippen LogP contribution in [0, 0.1) is 0 Å². The summed E-state index contributed by atoms with van der Waals surface area (Å²) in [7, 11) is 1.64. The Morgan fingerprint density at radius 1 is 1.39 bits per heavy atom. The Morgan fingerprint density at radius 2 is 2.21 bits per heavy atom. The average Bonchev–Trinajstić information content (AvgIpc) is 2.70. The predicted molar refractivity (Wildman–Crippen MR) is 109 cm³/mol. The molecule has 0 aromatic heterocycles. The van der Waals surface area contributed by atoms with Crippen molar-refractivity contribution in [2.24, 2.45) is 0 Å². The lowest BCUT2D eigenvalue weighted by molar-refractivity contribution is -0.133. The second-order valence-electron chi connectivity index (χ2n) is 6.55. The highest BCUT2D eigenvalue weighted by molar-refractivity contribution is 5.88. The van der Waals surface area contributed by atoms with Crippen molar-refractivity contribution in [2.45, 2.75) is 25.8 Å². The lowest BCUT2D eigenvalue weighted by atomic mass is 10.1. The molecule has 7 heteroatoms. The molecular formula is C21H31N3O4. The summed E-state index contributed by atoms with van der Waals surface area (Å²) in [5, 5.41) is 5.72. The minimum Gasteiger partial charge on any atom is -0.496 e. The van der Waals surface area contributed by atoms with Crippen molar-refractivity contribution < 1.29 is 19.1 Å². The van der Waals surface area contributed by atoms with Gasteiger partial charge in [0.05, 0.1) is 19.6 Å². The molecule has 28 heavy (non-hydrogen) atoms. The van der Waals surface area contributed by atoms with E-state index in [1.165, 1.54) is 0 Å². The maximum atomic E-state index is 12.3. The van der Waals surface area contributed by atoms with E-state index in [4.69, 9.17) is 9.47 Å². The van der Waals surface area contributed by atoms with E-state index < -0.39 is 6.04 Å². The summed E-state index contributed by atoms with van der Waals surface area (Å²) in [6, 6.07) is 7.31. The van der Waals surface area contributed by atoms with Crippen LogP contribution in [0.25, 0.3) is 6.08 Å². The van der Waals surface area contributed by atoms with E-state index in [1.807, 2.05) is 48.2 Å². The highest BCUT2D eigenvalue weighted by atomic mass is 16.5. The van der Waals surface area contributed by atoms with Gasteiger partial charge in [-0.15, -0.1) is 0 Å². The van der Waals surface area contributed by atoms with E-state index >= 15 is 0 Å². The first-order valence-electron chi connectivity index (χ1n) is 9.81. The minimum atomic E-state index is -0.456. The summed E-state index contributed by atoms with van der Waals surface area (Å²) < 4.78 is 10.6. The number of methoxy groups -OCH3 is 1. The van der Waals surface area contributed by atoms with Crippen molar-refractivity contribution in [1.29, 1.82) is 0 Å². The molecule has 2 N–H and O–H groups in total. The Labute approximate surface area is 167 Å². The van der Waals surface area contributed by atoms with Gasteiger partial charge in [-0.25, -0.2) is 0 Å². The van der Waals surface area contributed by atoms with Crippen LogP contribution in [-0.4, -0.2) is 69.3 Å². The van der Waals surface area contributed by atoms with Crippen molar-refractivity contribution in [2.75, 3.05) is 46.5 Å². The summed E-state index contributed by atoms with van der Waals surface area (Å²) in [5.74, 6) is 0.594. The molecule has 0 radical (unpaired) electrons. The van der Waals surface area contributed by atoms with Crippen molar-refractivity contribution in [3.63, 3.8) is 0 Å². The SMILES string of the molecule is CCOCCCNC(=O)C[C@@H]1C(=O)NCCN1C/C=C/c1ccccc1OC. The molecule has 1 aliphatic rings. The predicted octanol–water partition coefficient (Wildman–Crippen LogP) is 1.44. The minimum absolute atomic E-state index is 0.0959. The van der Waals surface area contributed by atoms with Gasteiger partial charge >= 0.3 is 0 Å². The van der Waals surface area contributed by atoms with Crippen LogP contribution in [0.1, 0.15) is 25.3 Å². The lowest BCUT2D eigenvalue weighted by Gasteiger charge is -2.33. The maximum absolute atomic E-state index is 12.3. The molecule has 2 rings (SSSR count). The molecule has 2 amide bonds. The van der Waals surface area contributed by atoms with E-state index in [0.29, 0.717) is 39.4 Å².